The summed E-state index contributed by atoms with van der Waals surface area (Å²) in [6.45, 7) is 7.36. The van der Waals surface area contributed by atoms with Gasteiger partial charge in [-0.25, -0.2) is 4.39 Å². The van der Waals surface area contributed by atoms with Gasteiger partial charge in [0.05, 0.1) is 0 Å². The number of amides is 1. The van der Waals surface area contributed by atoms with Gasteiger partial charge < -0.3 is 9.80 Å². The minimum Gasteiger partial charge on any atom is -0.333 e. The van der Waals surface area contributed by atoms with Gasteiger partial charge in [0.2, 0.25) is 5.91 Å². The monoisotopic (exact) mass is 332 g/mol. The smallest absolute Gasteiger partial charge is 0.223 e. The van der Waals surface area contributed by atoms with Gasteiger partial charge in [-0.3, -0.25) is 4.79 Å². The van der Waals surface area contributed by atoms with E-state index in [1.807, 2.05) is 0 Å². The first-order chi connectivity index (χ1) is 11.5. The summed E-state index contributed by atoms with van der Waals surface area (Å²) in [4.78, 5) is 17.2. The van der Waals surface area contributed by atoms with Crippen LogP contribution in [0.15, 0.2) is 24.3 Å². The normalized spacial score (nSPS) is 26.8. The Morgan fingerprint density at radius 3 is 2.62 bits per heavy atom. The van der Waals surface area contributed by atoms with Crippen molar-refractivity contribution < 1.29 is 9.18 Å². The molecule has 2 aliphatic rings. The predicted molar refractivity (Wildman–Crippen MR) is 94.1 cm³/mol. The predicted octanol–water partition coefficient (Wildman–Crippen LogP) is 3.97. The van der Waals surface area contributed by atoms with Crippen LogP contribution in [0.1, 0.15) is 57.9 Å². The Bertz CT molecular complexity index is 574. The van der Waals surface area contributed by atoms with Gasteiger partial charge in [-0.2, -0.15) is 0 Å². The molecular formula is C20H29FN2O. The summed E-state index contributed by atoms with van der Waals surface area (Å²) in [7, 11) is 0. The Labute approximate surface area is 144 Å². The van der Waals surface area contributed by atoms with Gasteiger partial charge >= 0.3 is 0 Å². The van der Waals surface area contributed by atoms with E-state index in [0.717, 1.165) is 44.3 Å². The summed E-state index contributed by atoms with van der Waals surface area (Å²) >= 11 is 0. The molecule has 2 unspecified atom stereocenters. The van der Waals surface area contributed by atoms with Crippen LogP contribution in [0.5, 0.6) is 0 Å². The van der Waals surface area contributed by atoms with Gasteiger partial charge in [0.1, 0.15) is 5.82 Å². The molecule has 0 radical (unpaired) electrons. The van der Waals surface area contributed by atoms with Gasteiger partial charge in [0, 0.05) is 31.1 Å². The molecule has 2 atom stereocenters. The Balaban J connectivity index is 1.75. The van der Waals surface area contributed by atoms with E-state index in [9.17, 15) is 9.18 Å². The van der Waals surface area contributed by atoms with E-state index in [-0.39, 0.29) is 17.3 Å². The van der Waals surface area contributed by atoms with E-state index >= 15 is 0 Å². The number of hydrogen-bond acceptors (Lipinski definition) is 2. The Morgan fingerprint density at radius 2 is 1.92 bits per heavy atom. The maximum atomic E-state index is 13.1. The molecule has 2 saturated heterocycles. The molecule has 1 aromatic rings. The average molecular weight is 332 g/mol. The molecule has 1 aromatic carbocycles. The lowest BCUT2D eigenvalue weighted by molar-refractivity contribution is -0.132. The SMILES string of the molecule is CCC(C)N1CCCC2(CCC(=O)N2Cc2ccc(F)cc2)CC1. The quantitative estimate of drug-likeness (QED) is 0.833. The lowest BCUT2D eigenvalue weighted by Crippen LogP contribution is -2.46. The topological polar surface area (TPSA) is 23.6 Å². The summed E-state index contributed by atoms with van der Waals surface area (Å²) in [5.74, 6) is 0.0381. The fraction of sp³-hybridized carbons (Fsp3) is 0.650. The molecule has 0 aromatic heterocycles. The van der Waals surface area contributed by atoms with Crippen molar-refractivity contribution in [3.8, 4) is 0 Å². The van der Waals surface area contributed by atoms with Crippen molar-refractivity contribution in [2.75, 3.05) is 13.1 Å². The summed E-state index contributed by atoms with van der Waals surface area (Å²) in [5, 5.41) is 0. The number of halogens is 1. The van der Waals surface area contributed by atoms with Crippen LogP contribution in [0.2, 0.25) is 0 Å². The fourth-order valence-corrected chi connectivity index (χ4v) is 4.32. The molecule has 2 aliphatic heterocycles. The summed E-state index contributed by atoms with van der Waals surface area (Å²) in [6, 6.07) is 7.19. The van der Waals surface area contributed by atoms with E-state index in [2.05, 4.69) is 23.6 Å². The van der Waals surface area contributed by atoms with Gasteiger partial charge in [-0.1, -0.05) is 19.1 Å². The van der Waals surface area contributed by atoms with E-state index in [0.29, 0.717) is 19.0 Å². The molecule has 2 heterocycles. The zero-order valence-electron chi connectivity index (χ0n) is 14.9. The second-order valence-corrected chi connectivity index (χ2v) is 7.48. The van der Waals surface area contributed by atoms with E-state index in [4.69, 9.17) is 0 Å². The summed E-state index contributed by atoms with van der Waals surface area (Å²) < 4.78 is 13.1. The highest BCUT2D eigenvalue weighted by Gasteiger charge is 2.45. The second-order valence-electron chi connectivity index (χ2n) is 7.48. The van der Waals surface area contributed by atoms with Crippen LogP contribution in [0.4, 0.5) is 4.39 Å². The highest BCUT2D eigenvalue weighted by Crippen LogP contribution is 2.40. The zero-order valence-corrected chi connectivity index (χ0v) is 14.9. The maximum absolute atomic E-state index is 13.1. The average Bonchev–Trinajstić information content (AvgIpc) is 2.76. The molecule has 24 heavy (non-hydrogen) atoms. The third-order valence-corrected chi connectivity index (χ3v) is 6.10. The lowest BCUT2D eigenvalue weighted by Gasteiger charge is -2.38. The van der Waals surface area contributed by atoms with Crippen LogP contribution >= 0.6 is 0 Å². The Hall–Kier alpha value is -1.42. The zero-order chi connectivity index (χ0) is 17.2. The van der Waals surface area contributed by atoms with Crippen molar-refractivity contribution in [2.45, 2.75) is 70.5 Å². The van der Waals surface area contributed by atoms with Crippen molar-refractivity contribution >= 4 is 5.91 Å². The van der Waals surface area contributed by atoms with Gasteiger partial charge in [0.25, 0.3) is 0 Å². The molecule has 0 N–H and O–H groups in total. The second kappa shape index (κ2) is 7.22. The maximum Gasteiger partial charge on any atom is 0.223 e. The number of rotatable bonds is 4. The molecule has 0 bridgehead atoms. The summed E-state index contributed by atoms with van der Waals surface area (Å²) in [5.41, 5.74) is 1.03. The van der Waals surface area contributed by atoms with Crippen LogP contribution < -0.4 is 0 Å². The lowest BCUT2D eigenvalue weighted by atomic mass is 9.87. The number of hydrogen-bond donors (Lipinski definition) is 0. The van der Waals surface area contributed by atoms with Crippen LogP contribution in [0.3, 0.4) is 0 Å². The summed E-state index contributed by atoms with van der Waals surface area (Å²) in [6.07, 6.45) is 6.10. The van der Waals surface area contributed by atoms with Crippen LogP contribution in [0, 0.1) is 5.82 Å². The third kappa shape index (κ3) is 3.49. The first-order valence-electron chi connectivity index (χ1n) is 9.33. The molecule has 0 saturated carbocycles. The standard InChI is InChI=1S/C20H29FN2O/c1-3-16(2)22-13-4-10-20(12-14-22)11-9-19(24)23(20)15-17-5-7-18(21)8-6-17/h5-8,16H,3-4,9-15H2,1-2H3. The molecule has 2 fully saturated rings. The molecule has 132 valence electrons. The van der Waals surface area contributed by atoms with E-state index in [1.165, 1.54) is 18.6 Å². The molecule has 3 nitrogen and oxygen atoms in total. The van der Waals surface area contributed by atoms with Gasteiger partial charge in [-0.05, 0) is 63.3 Å². The van der Waals surface area contributed by atoms with Crippen molar-refractivity contribution in [1.29, 1.82) is 0 Å². The van der Waals surface area contributed by atoms with Gasteiger partial charge in [0.15, 0.2) is 0 Å². The van der Waals surface area contributed by atoms with Crippen molar-refractivity contribution in [3.63, 3.8) is 0 Å². The third-order valence-electron chi connectivity index (χ3n) is 6.10. The highest BCUT2D eigenvalue weighted by atomic mass is 19.1. The number of nitrogens with zero attached hydrogens (tertiary/aromatic N) is 2. The number of carbonyl (C=O) groups is 1. The first kappa shape index (κ1) is 17.4. The first-order valence-corrected chi connectivity index (χ1v) is 9.33. The van der Waals surface area contributed by atoms with Crippen LogP contribution in [0.25, 0.3) is 0 Å². The molecule has 1 amide bonds. The number of carbonyl (C=O) groups excluding carboxylic acids is 1. The largest absolute Gasteiger partial charge is 0.333 e. The molecule has 4 heteroatoms. The molecule has 0 aliphatic carbocycles. The van der Waals surface area contributed by atoms with Crippen molar-refractivity contribution in [1.82, 2.24) is 9.80 Å². The molecule has 1 spiro atoms. The number of likely N-dealkylation sites (tertiary alicyclic amines) is 2. The molecule has 3 rings (SSSR count). The van der Waals surface area contributed by atoms with E-state index < -0.39 is 0 Å². The van der Waals surface area contributed by atoms with Crippen molar-refractivity contribution in [3.05, 3.63) is 35.6 Å². The molecular weight excluding hydrogens is 303 g/mol. The fourth-order valence-electron chi connectivity index (χ4n) is 4.32. The van der Waals surface area contributed by atoms with Gasteiger partial charge in [-0.15, -0.1) is 0 Å². The Kier molecular flexibility index (Phi) is 5.24. The van der Waals surface area contributed by atoms with Crippen LogP contribution in [-0.4, -0.2) is 40.4 Å². The van der Waals surface area contributed by atoms with E-state index in [1.54, 1.807) is 12.1 Å². The minimum atomic E-state index is -0.222. The Morgan fingerprint density at radius 1 is 1.17 bits per heavy atom. The minimum absolute atomic E-state index is 0.00762. The van der Waals surface area contributed by atoms with Crippen LogP contribution in [-0.2, 0) is 11.3 Å². The number of benzene rings is 1. The highest BCUT2D eigenvalue weighted by molar-refractivity contribution is 5.79. The van der Waals surface area contributed by atoms with Crippen molar-refractivity contribution in [2.24, 2.45) is 0 Å².